The number of rotatable bonds is 5. The van der Waals surface area contributed by atoms with Crippen molar-refractivity contribution in [3.05, 3.63) is 59.3 Å². The number of hydrogen-bond donors (Lipinski definition) is 1. The second-order valence-electron chi connectivity index (χ2n) is 7.57. The number of likely N-dealkylation sites (tertiary alicyclic amines) is 1. The zero-order valence-electron chi connectivity index (χ0n) is 17.0. The van der Waals surface area contributed by atoms with E-state index in [4.69, 9.17) is 11.6 Å². The van der Waals surface area contributed by atoms with Crippen molar-refractivity contribution in [1.29, 1.82) is 0 Å². The lowest BCUT2D eigenvalue weighted by Crippen LogP contribution is -2.51. The van der Waals surface area contributed by atoms with Crippen molar-refractivity contribution in [2.24, 2.45) is 5.92 Å². The minimum absolute atomic E-state index is 0.0180. The number of amides is 1. The maximum absolute atomic E-state index is 13.6. The van der Waals surface area contributed by atoms with Crippen molar-refractivity contribution in [3.63, 3.8) is 0 Å². The molecular weight excluding hydrogens is 402 g/mol. The molecule has 2 unspecified atom stereocenters. The van der Waals surface area contributed by atoms with E-state index in [1.807, 2.05) is 30.0 Å². The number of nitrogens with one attached hydrogen (secondary N) is 1. The van der Waals surface area contributed by atoms with Crippen LogP contribution in [0.3, 0.4) is 0 Å². The van der Waals surface area contributed by atoms with E-state index in [0.717, 1.165) is 24.4 Å². The van der Waals surface area contributed by atoms with E-state index in [1.54, 1.807) is 24.7 Å². The van der Waals surface area contributed by atoms with Gasteiger partial charge in [0.1, 0.15) is 11.5 Å². The van der Waals surface area contributed by atoms with Gasteiger partial charge < -0.3 is 10.2 Å². The van der Waals surface area contributed by atoms with Gasteiger partial charge in [0.05, 0.1) is 23.5 Å². The predicted molar refractivity (Wildman–Crippen MR) is 115 cm³/mol. The molecule has 4 heterocycles. The number of anilines is 1. The molecule has 8 nitrogen and oxygen atoms in total. The minimum Gasteiger partial charge on any atom is -0.368 e. The van der Waals surface area contributed by atoms with Crippen LogP contribution < -0.4 is 5.32 Å². The molecule has 2 atom stereocenters. The number of piperidine rings is 1. The molecule has 0 saturated carbocycles. The summed E-state index contributed by atoms with van der Waals surface area (Å²) in [6.45, 7) is 5.34. The summed E-state index contributed by atoms with van der Waals surface area (Å²) in [5, 5.41) is 12.3. The SMILES string of the molecule is Cc1ccc(-n2nccn2)c(C(=O)N2CCCC(C)C2CNc2ccc(Cl)cn2)n1. The molecule has 3 aromatic rings. The third kappa shape index (κ3) is 4.28. The number of aromatic nitrogens is 5. The number of carbonyl (C=O) groups is 1. The summed E-state index contributed by atoms with van der Waals surface area (Å²) in [5.41, 5.74) is 1.73. The van der Waals surface area contributed by atoms with Crippen molar-refractivity contribution >= 4 is 23.3 Å². The summed E-state index contributed by atoms with van der Waals surface area (Å²) in [6, 6.07) is 7.35. The van der Waals surface area contributed by atoms with Gasteiger partial charge in [-0.15, -0.1) is 4.80 Å². The lowest BCUT2D eigenvalue weighted by molar-refractivity contribution is 0.0533. The molecule has 1 amide bonds. The molecule has 1 fully saturated rings. The van der Waals surface area contributed by atoms with Crippen molar-refractivity contribution in [3.8, 4) is 5.69 Å². The van der Waals surface area contributed by atoms with Gasteiger partial charge in [0, 0.05) is 25.0 Å². The Morgan fingerprint density at radius 2 is 2.03 bits per heavy atom. The lowest BCUT2D eigenvalue weighted by atomic mass is 9.90. The fourth-order valence-corrected chi connectivity index (χ4v) is 3.96. The summed E-state index contributed by atoms with van der Waals surface area (Å²) in [5.74, 6) is 0.978. The summed E-state index contributed by atoms with van der Waals surface area (Å²) < 4.78 is 0. The molecule has 0 bridgehead atoms. The Morgan fingerprint density at radius 3 is 2.77 bits per heavy atom. The van der Waals surface area contributed by atoms with Crippen LogP contribution in [-0.4, -0.2) is 54.9 Å². The van der Waals surface area contributed by atoms with Crippen molar-refractivity contribution < 1.29 is 4.79 Å². The maximum atomic E-state index is 13.6. The van der Waals surface area contributed by atoms with Gasteiger partial charge in [0.15, 0.2) is 5.69 Å². The van der Waals surface area contributed by atoms with Gasteiger partial charge in [-0.1, -0.05) is 18.5 Å². The maximum Gasteiger partial charge on any atom is 0.275 e. The monoisotopic (exact) mass is 425 g/mol. The molecule has 0 spiro atoms. The number of hydrogen-bond acceptors (Lipinski definition) is 6. The van der Waals surface area contributed by atoms with Crippen LogP contribution in [0.15, 0.2) is 42.9 Å². The molecule has 30 heavy (non-hydrogen) atoms. The van der Waals surface area contributed by atoms with Crippen LogP contribution in [0.25, 0.3) is 5.69 Å². The van der Waals surface area contributed by atoms with Gasteiger partial charge >= 0.3 is 0 Å². The molecule has 1 saturated heterocycles. The summed E-state index contributed by atoms with van der Waals surface area (Å²) in [7, 11) is 0. The fraction of sp³-hybridized carbons (Fsp3) is 0.381. The second-order valence-corrected chi connectivity index (χ2v) is 8.00. The molecule has 9 heteroatoms. The van der Waals surface area contributed by atoms with Gasteiger partial charge in [-0.25, -0.2) is 9.97 Å². The van der Waals surface area contributed by atoms with Gasteiger partial charge in [-0.05, 0) is 49.9 Å². The Morgan fingerprint density at radius 1 is 1.23 bits per heavy atom. The number of aryl methyl sites for hydroxylation is 1. The van der Waals surface area contributed by atoms with Gasteiger partial charge in [0.2, 0.25) is 0 Å². The highest BCUT2D eigenvalue weighted by Crippen LogP contribution is 2.26. The highest BCUT2D eigenvalue weighted by molar-refractivity contribution is 6.30. The van der Waals surface area contributed by atoms with E-state index in [2.05, 4.69) is 32.4 Å². The topological polar surface area (TPSA) is 88.8 Å². The van der Waals surface area contributed by atoms with E-state index in [9.17, 15) is 4.79 Å². The number of halogens is 1. The van der Waals surface area contributed by atoms with E-state index in [1.165, 1.54) is 4.80 Å². The number of carbonyl (C=O) groups excluding carboxylic acids is 1. The summed E-state index contributed by atoms with van der Waals surface area (Å²) >= 11 is 5.92. The Kier molecular flexibility index (Phi) is 5.94. The highest BCUT2D eigenvalue weighted by Gasteiger charge is 2.34. The third-order valence-corrected chi connectivity index (χ3v) is 5.67. The average Bonchev–Trinajstić information content (AvgIpc) is 3.28. The molecule has 156 valence electrons. The smallest absolute Gasteiger partial charge is 0.275 e. The van der Waals surface area contributed by atoms with Crippen LogP contribution in [0.4, 0.5) is 5.82 Å². The van der Waals surface area contributed by atoms with E-state index < -0.39 is 0 Å². The van der Waals surface area contributed by atoms with Crippen LogP contribution in [0.2, 0.25) is 5.02 Å². The molecular formula is C21H24ClN7O. The minimum atomic E-state index is -0.103. The van der Waals surface area contributed by atoms with Gasteiger partial charge in [-0.2, -0.15) is 10.2 Å². The summed E-state index contributed by atoms with van der Waals surface area (Å²) in [6.07, 6.45) is 6.81. The Balaban J connectivity index is 1.60. The average molecular weight is 426 g/mol. The molecule has 1 aliphatic heterocycles. The van der Waals surface area contributed by atoms with Crippen LogP contribution >= 0.6 is 11.6 Å². The van der Waals surface area contributed by atoms with Crippen LogP contribution in [0, 0.1) is 12.8 Å². The van der Waals surface area contributed by atoms with E-state index >= 15 is 0 Å². The van der Waals surface area contributed by atoms with E-state index in [0.29, 0.717) is 35.4 Å². The molecule has 1 aliphatic rings. The first-order chi connectivity index (χ1) is 14.5. The van der Waals surface area contributed by atoms with E-state index in [-0.39, 0.29) is 11.9 Å². The first kappa shape index (κ1) is 20.3. The third-order valence-electron chi connectivity index (χ3n) is 5.45. The second kappa shape index (κ2) is 8.79. The van der Waals surface area contributed by atoms with Crippen LogP contribution in [0.5, 0.6) is 0 Å². The van der Waals surface area contributed by atoms with Gasteiger partial charge in [0.25, 0.3) is 5.91 Å². The largest absolute Gasteiger partial charge is 0.368 e. The van der Waals surface area contributed by atoms with Crippen LogP contribution in [-0.2, 0) is 0 Å². The number of pyridine rings is 2. The molecule has 0 aliphatic carbocycles. The molecule has 3 aromatic heterocycles. The normalized spacial score (nSPS) is 19.0. The first-order valence-electron chi connectivity index (χ1n) is 10.0. The Labute approximate surface area is 180 Å². The number of nitrogens with zero attached hydrogens (tertiary/aromatic N) is 6. The summed E-state index contributed by atoms with van der Waals surface area (Å²) in [4.78, 5) is 25.8. The van der Waals surface area contributed by atoms with Crippen molar-refractivity contribution in [2.45, 2.75) is 32.7 Å². The van der Waals surface area contributed by atoms with Crippen LogP contribution in [0.1, 0.15) is 35.9 Å². The Bertz CT molecular complexity index is 1010. The molecule has 4 rings (SSSR count). The van der Waals surface area contributed by atoms with Crippen molar-refractivity contribution in [1.82, 2.24) is 29.9 Å². The molecule has 0 radical (unpaired) electrons. The predicted octanol–water partition coefficient (Wildman–Crippen LogP) is 3.37. The molecule has 1 N–H and O–H groups in total. The zero-order chi connectivity index (χ0) is 21.1. The first-order valence-corrected chi connectivity index (χ1v) is 10.4. The standard InChI is InChI=1S/C21H24ClN7O/c1-14-4-3-11-28(18(14)13-24-19-8-6-16(22)12-23-19)21(30)20-17(7-5-15(2)27-20)29-25-9-10-26-29/h5-10,12,14,18H,3-4,11,13H2,1-2H3,(H,23,24). The van der Waals surface area contributed by atoms with Gasteiger partial charge in [-0.3, -0.25) is 4.79 Å². The quantitative estimate of drug-likeness (QED) is 0.674. The lowest BCUT2D eigenvalue weighted by Gasteiger charge is -2.40. The fourth-order valence-electron chi connectivity index (χ4n) is 3.85. The van der Waals surface area contributed by atoms with Crippen molar-refractivity contribution in [2.75, 3.05) is 18.4 Å². The molecule has 0 aromatic carbocycles. The highest BCUT2D eigenvalue weighted by atomic mass is 35.5. The Hall–Kier alpha value is -3.00. The zero-order valence-corrected chi connectivity index (χ0v) is 17.8.